The van der Waals surface area contributed by atoms with Crippen molar-refractivity contribution in [1.82, 2.24) is 0 Å². The average molecular weight is 237 g/mol. The highest BCUT2D eigenvalue weighted by molar-refractivity contribution is 5.94. The molecule has 0 aliphatic rings. The van der Waals surface area contributed by atoms with Crippen LogP contribution in [0, 0.1) is 0 Å². The number of hydrogen-bond acceptors (Lipinski definition) is 4. The molecule has 0 radical (unpaired) electrons. The Balaban J connectivity index is 2.90. The number of methoxy groups -OCH3 is 1. The molecule has 0 atom stereocenters. The van der Waals surface area contributed by atoms with Crippen molar-refractivity contribution in [2.45, 2.75) is 19.4 Å². The van der Waals surface area contributed by atoms with Crippen molar-refractivity contribution in [3.8, 4) is 0 Å². The molecule has 0 unspecified atom stereocenters. The molecule has 0 spiro atoms. The first-order chi connectivity index (χ1) is 7.85. The minimum absolute atomic E-state index is 0.239. The zero-order valence-electron chi connectivity index (χ0n) is 10.4. The highest BCUT2D eigenvalue weighted by atomic mass is 16.5. The van der Waals surface area contributed by atoms with Crippen LogP contribution in [-0.2, 0) is 4.74 Å². The third-order valence-corrected chi connectivity index (χ3v) is 2.31. The minimum Gasteiger partial charge on any atom is -0.397 e. The Morgan fingerprint density at radius 3 is 2.59 bits per heavy atom. The van der Waals surface area contributed by atoms with Gasteiger partial charge in [-0.1, -0.05) is 0 Å². The van der Waals surface area contributed by atoms with Gasteiger partial charge >= 0.3 is 0 Å². The van der Waals surface area contributed by atoms with E-state index in [0.717, 1.165) is 5.69 Å². The Morgan fingerprint density at radius 1 is 1.47 bits per heavy atom. The van der Waals surface area contributed by atoms with Gasteiger partial charge in [0.1, 0.15) is 0 Å². The largest absolute Gasteiger partial charge is 0.397 e. The number of primary amides is 1. The van der Waals surface area contributed by atoms with Crippen LogP contribution in [0.4, 0.5) is 11.4 Å². The smallest absolute Gasteiger partial charge is 0.248 e. The van der Waals surface area contributed by atoms with Crippen LogP contribution in [0.3, 0.4) is 0 Å². The summed E-state index contributed by atoms with van der Waals surface area (Å²) in [5.74, 6) is -0.487. The van der Waals surface area contributed by atoms with Gasteiger partial charge in [-0.2, -0.15) is 0 Å². The van der Waals surface area contributed by atoms with Gasteiger partial charge in [0.15, 0.2) is 0 Å². The lowest BCUT2D eigenvalue weighted by molar-refractivity contribution is 0.100. The number of amides is 1. The van der Waals surface area contributed by atoms with E-state index in [-0.39, 0.29) is 5.54 Å². The van der Waals surface area contributed by atoms with E-state index in [2.05, 4.69) is 5.32 Å². The molecule has 0 saturated carbocycles. The summed E-state index contributed by atoms with van der Waals surface area (Å²) >= 11 is 0. The van der Waals surface area contributed by atoms with Crippen LogP contribution >= 0.6 is 0 Å². The lowest BCUT2D eigenvalue weighted by Crippen LogP contribution is -2.36. The van der Waals surface area contributed by atoms with Gasteiger partial charge in [0.25, 0.3) is 0 Å². The maximum atomic E-state index is 11.0. The summed E-state index contributed by atoms with van der Waals surface area (Å²) in [6.45, 7) is 4.54. The molecule has 1 rings (SSSR count). The maximum absolute atomic E-state index is 11.0. The van der Waals surface area contributed by atoms with E-state index in [0.29, 0.717) is 17.9 Å². The fraction of sp³-hybridized carbons (Fsp3) is 0.417. The number of carbonyl (C=O) groups is 1. The van der Waals surface area contributed by atoms with Gasteiger partial charge in [0.2, 0.25) is 5.91 Å². The summed E-state index contributed by atoms with van der Waals surface area (Å²) in [5, 5.41) is 3.25. The monoisotopic (exact) mass is 237 g/mol. The van der Waals surface area contributed by atoms with Crippen LogP contribution in [0.5, 0.6) is 0 Å². The SMILES string of the molecule is COCC(C)(C)Nc1ccc(C(N)=O)cc1N. The number of hydrogen-bond donors (Lipinski definition) is 3. The van der Waals surface area contributed by atoms with Crippen LogP contribution in [0.25, 0.3) is 0 Å². The third-order valence-electron chi connectivity index (χ3n) is 2.31. The molecule has 0 aliphatic carbocycles. The van der Waals surface area contributed by atoms with Crippen molar-refractivity contribution in [3.63, 3.8) is 0 Å². The van der Waals surface area contributed by atoms with Crippen molar-refractivity contribution in [1.29, 1.82) is 0 Å². The number of carbonyl (C=O) groups excluding carboxylic acids is 1. The van der Waals surface area contributed by atoms with Gasteiger partial charge in [0.05, 0.1) is 23.5 Å². The van der Waals surface area contributed by atoms with Crippen molar-refractivity contribution >= 4 is 17.3 Å². The Morgan fingerprint density at radius 2 is 2.12 bits per heavy atom. The Bertz CT molecular complexity index is 416. The summed E-state index contributed by atoms with van der Waals surface area (Å²) in [6, 6.07) is 4.95. The molecule has 0 aromatic heterocycles. The van der Waals surface area contributed by atoms with Crippen LogP contribution in [0.1, 0.15) is 24.2 Å². The fourth-order valence-corrected chi connectivity index (χ4v) is 1.59. The highest BCUT2D eigenvalue weighted by Crippen LogP contribution is 2.23. The fourth-order valence-electron chi connectivity index (χ4n) is 1.59. The molecule has 94 valence electrons. The van der Waals surface area contributed by atoms with Crippen LogP contribution in [0.15, 0.2) is 18.2 Å². The Kier molecular flexibility index (Phi) is 3.96. The van der Waals surface area contributed by atoms with Crippen molar-refractivity contribution in [2.75, 3.05) is 24.8 Å². The second kappa shape index (κ2) is 5.05. The van der Waals surface area contributed by atoms with E-state index in [1.807, 2.05) is 13.8 Å². The molecule has 1 aromatic rings. The predicted octanol–water partition coefficient (Wildman–Crippen LogP) is 1.20. The first kappa shape index (κ1) is 13.3. The molecule has 17 heavy (non-hydrogen) atoms. The average Bonchev–Trinajstić information content (AvgIpc) is 2.20. The van der Waals surface area contributed by atoms with Crippen molar-refractivity contribution < 1.29 is 9.53 Å². The van der Waals surface area contributed by atoms with Gasteiger partial charge in [0, 0.05) is 12.7 Å². The van der Waals surface area contributed by atoms with Gasteiger partial charge < -0.3 is 21.5 Å². The quantitative estimate of drug-likeness (QED) is 0.671. The molecule has 5 nitrogen and oxygen atoms in total. The molecular weight excluding hydrogens is 218 g/mol. The first-order valence-corrected chi connectivity index (χ1v) is 5.32. The zero-order valence-corrected chi connectivity index (χ0v) is 10.4. The van der Waals surface area contributed by atoms with E-state index in [1.165, 1.54) is 0 Å². The molecule has 0 fully saturated rings. The van der Waals surface area contributed by atoms with Crippen LogP contribution in [0.2, 0.25) is 0 Å². The van der Waals surface area contributed by atoms with Gasteiger partial charge in [-0.25, -0.2) is 0 Å². The lowest BCUT2D eigenvalue weighted by atomic mass is 10.1. The molecule has 0 aliphatic heterocycles. The predicted molar refractivity (Wildman–Crippen MR) is 69.0 cm³/mol. The standard InChI is InChI=1S/C12H19N3O2/c1-12(2,7-17-3)15-10-5-4-8(11(14)16)6-9(10)13/h4-6,15H,7,13H2,1-3H3,(H2,14,16). The summed E-state index contributed by atoms with van der Waals surface area (Å²) in [6.07, 6.45) is 0. The summed E-state index contributed by atoms with van der Waals surface area (Å²) in [4.78, 5) is 11.0. The molecular formula is C12H19N3O2. The topological polar surface area (TPSA) is 90.4 Å². The summed E-state index contributed by atoms with van der Waals surface area (Å²) in [5.41, 5.74) is 12.4. The normalized spacial score (nSPS) is 11.2. The second-order valence-electron chi connectivity index (χ2n) is 4.61. The van der Waals surface area contributed by atoms with E-state index in [1.54, 1.807) is 25.3 Å². The maximum Gasteiger partial charge on any atom is 0.248 e. The molecule has 5 heteroatoms. The summed E-state index contributed by atoms with van der Waals surface area (Å²) in [7, 11) is 1.64. The number of nitrogen functional groups attached to an aromatic ring is 1. The number of nitrogens with two attached hydrogens (primary N) is 2. The number of ether oxygens (including phenoxy) is 1. The third kappa shape index (κ3) is 3.64. The van der Waals surface area contributed by atoms with Crippen molar-refractivity contribution in [3.05, 3.63) is 23.8 Å². The first-order valence-electron chi connectivity index (χ1n) is 5.32. The van der Waals surface area contributed by atoms with Crippen molar-refractivity contribution in [2.24, 2.45) is 5.73 Å². The molecule has 1 aromatic carbocycles. The van der Waals surface area contributed by atoms with Gasteiger partial charge in [-0.05, 0) is 32.0 Å². The molecule has 1 amide bonds. The number of nitrogens with one attached hydrogen (secondary N) is 1. The van der Waals surface area contributed by atoms with E-state index in [4.69, 9.17) is 16.2 Å². The highest BCUT2D eigenvalue weighted by Gasteiger charge is 2.18. The number of anilines is 2. The molecule has 0 heterocycles. The number of rotatable bonds is 5. The van der Waals surface area contributed by atoms with Gasteiger partial charge in [-0.3, -0.25) is 4.79 Å². The van der Waals surface area contributed by atoms with Gasteiger partial charge in [-0.15, -0.1) is 0 Å². The van der Waals surface area contributed by atoms with E-state index >= 15 is 0 Å². The molecule has 0 saturated heterocycles. The zero-order chi connectivity index (χ0) is 13.1. The van der Waals surface area contributed by atoms with Crippen LogP contribution < -0.4 is 16.8 Å². The lowest BCUT2D eigenvalue weighted by Gasteiger charge is -2.27. The number of benzene rings is 1. The molecule has 0 bridgehead atoms. The Hall–Kier alpha value is -1.75. The van der Waals surface area contributed by atoms with Crippen LogP contribution in [-0.4, -0.2) is 25.2 Å². The summed E-state index contributed by atoms with van der Waals surface area (Å²) < 4.78 is 5.10. The minimum atomic E-state index is -0.487. The molecule has 5 N–H and O–H groups in total. The van der Waals surface area contributed by atoms with E-state index in [9.17, 15) is 4.79 Å². The van der Waals surface area contributed by atoms with E-state index < -0.39 is 5.91 Å². The Labute approximate surface area is 101 Å². The second-order valence-corrected chi connectivity index (χ2v) is 4.61.